The molecular formula is C14H10F6N4S. The van der Waals surface area contributed by atoms with E-state index in [1.54, 1.807) is 0 Å². The minimum atomic E-state index is -4.75. The van der Waals surface area contributed by atoms with E-state index in [9.17, 15) is 26.3 Å². The topological polar surface area (TPSA) is 51.4 Å². The van der Waals surface area contributed by atoms with Crippen molar-refractivity contribution in [1.82, 2.24) is 5.01 Å². The number of likely N-dealkylation sites (N-methyl/N-ethyl adjacent to an activating group) is 1. The summed E-state index contributed by atoms with van der Waals surface area (Å²) in [4.78, 5) is -0.108. The zero-order valence-corrected chi connectivity index (χ0v) is 13.4. The molecule has 25 heavy (non-hydrogen) atoms. The summed E-state index contributed by atoms with van der Waals surface area (Å²) in [5.41, 5.74) is -2.82. The highest BCUT2D eigenvalue weighted by atomic mass is 32.1. The standard InChI is InChI=1S/C14H10F6N4S/c1-24-10(5-11(23-24)14(18,19)20)12(25)22-8-3-2-7(6-21)9(4-8)13(15,16)17/h2-4,10H,5H2,1H3,(H,22,25)/t10-/m0/s1. The van der Waals surface area contributed by atoms with Crippen LogP contribution in [-0.4, -0.2) is 35.0 Å². The maximum absolute atomic E-state index is 12.9. The van der Waals surface area contributed by atoms with Gasteiger partial charge in [0.1, 0.15) is 16.7 Å². The Morgan fingerprint density at radius 3 is 2.40 bits per heavy atom. The summed E-state index contributed by atoms with van der Waals surface area (Å²) < 4.78 is 76.9. The Kier molecular flexibility index (Phi) is 4.94. The number of nitrogens with zero attached hydrogens (tertiary/aromatic N) is 3. The highest BCUT2D eigenvalue weighted by Crippen LogP contribution is 2.34. The molecule has 0 bridgehead atoms. The van der Waals surface area contributed by atoms with Crippen LogP contribution < -0.4 is 5.32 Å². The van der Waals surface area contributed by atoms with E-state index in [4.69, 9.17) is 17.5 Å². The minimum Gasteiger partial charge on any atom is -0.348 e. The second kappa shape index (κ2) is 6.51. The van der Waals surface area contributed by atoms with Gasteiger partial charge in [-0.1, -0.05) is 12.2 Å². The number of nitriles is 1. The molecule has 0 fully saturated rings. The average molecular weight is 380 g/mol. The lowest BCUT2D eigenvalue weighted by Crippen LogP contribution is -2.35. The predicted octanol–water partition coefficient (Wildman–Crippen LogP) is 3.94. The first-order valence-electron chi connectivity index (χ1n) is 6.73. The molecule has 0 radical (unpaired) electrons. The second-order valence-corrected chi connectivity index (χ2v) is 5.64. The van der Waals surface area contributed by atoms with Crippen molar-refractivity contribution in [3.63, 3.8) is 0 Å². The summed E-state index contributed by atoms with van der Waals surface area (Å²) in [6, 6.07) is 3.34. The maximum Gasteiger partial charge on any atom is 0.431 e. The van der Waals surface area contributed by atoms with Crippen molar-refractivity contribution < 1.29 is 26.3 Å². The highest BCUT2D eigenvalue weighted by molar-refractivity contribution is 7.80. The molecule has 0 aromatic heterocycles. The summed E-state index contributed by atoms with van der Waals surface area (Å²) in [6.45, 7) is 0. The molecule has 4 nitrogen and oxygen atoms in total. The van der Waals surface area contributed by atoms with E-state index in [1.807, 2.05) is 0 Å². The summed E-state index contributed by atoms with van der Waals surface area (Å²) >= 11 is 5.01. The predicted molar refractivity (Wildman–Crippen MR) is 82.0 cm³/mol. The highest BCUT2D eigenvalue weighted by Gasteiger charge is 2.43. The molecule has 11 heteroatoms. The average Bonchev–Trinajstić information content (AvgIpc) is 2.88. The van der Waals surface area contributed by atoms with Gasteiger partial charge in [0, 0.05) is 19.2 Å². The SMILES string of the molecule is CN1N=C(C(F)(F)F)C[C@H]1C(=S)Nc1ccc(C#N)c(C(F)(F)F)c1. The molecule has 1 aliphatic rings. The van der Waals surface area contributed by atoms with Gasteiger partial charge in [-0.2, -0.15) is 36.7 Å². The number of benzene rings is 1. The Hall–Kier alpha value is -2.35. The molecule has 1 aliphatic heterocycles. The number of halogens is 6. The second-order valence-electron chi connectivity index (χ2n) is 5.20. The quantitative estimate of drug-likeness (QED) is 0.624. The molecule has 0 unspecified atom stereocenters. The monoisotopic (exact) mass is 380 g/mol. The lowest BCUT2D eigenvalue weighted by atomic mass is 10.1. The van der Waals surface area contributed by atoms with Crippen LogP contribution in [0.2, 0.25) is 0 Å². The van der Waals surface area contributed by atoms with Gasteiger partial charge < -0.3 is 5.32 Å². The van der Waals surface area contributed by atoms with Crippen molar-refractivity contribution in [2.24, 2.45) is 5.10 Å². The Bertz CT molecular complexity index is 762. The van der Waals surface area contributed by atoms with Gasteiger partial charge in [0.05, 0.1) is 17.2 Å². The van der Waals surface area contributed by atoms with Crippen molar-refractivity contribution in [3.8, 4) is 6.07 Å². The van der Waals surface area contributed by atoms with Gasteiger partial charge in [-0.3, -0.25) is 5.01 Å². The number of alkyl halides is 6. The van der Waals surface area contributed by atoms with Crippen LogP contribution in [0.5, 0.6) is 0 Å². The summed E-state index contributed by atoms with van der Waals surface area (Å²) in [6.07, 6.45) is -9.86. The van der Waals surface area contributed by atoms with Gasteiger partial charge in [-0.25, -0.2) is 0 Å². The van der Waals surface area contributed by atoms with Crippen LogP contribution >= 0.6 is 12.2 Å². The number of nitrogens with one attached hydrogen (secondary N) is 1. The van der Waals surface area contributed by atoms with E-state index in [1.165, 1.54) is 19.2 Å². The molecule has 2 rings (SSSR count). The van der Waals surface area contributed by atoms with E-state index < -0.39 is 41.7 Å². The van der Waals surface area contributed by atoms with Crippen molar-refractivity contribution in [2.75, 3.05) is 12.4 Å². The molecular weight excluding hydrogens is 370 g/mol. The third kappa shape index (κ3) is 4.19. The molecule has 0 amide bonds. The third-order valence-electron chi connectivity index (χ3n) is 3.46. The minimum absolute atomic E-state index is 0.0785. The third-order valence-corrected chi connectivity index (χ3v) is 3.83. The van der Waals surface area contributed by atoms with Gasteiger partial charge in [-0.15, -0.1) is 0 Å². The van der Waals surface area contributed by atoms with Gasteiger partial charge >= 0.3 is 12.4 Å². The van der Waals surface area contributed by atoms with Crippen molar-refractivity contribution >= 4 is 28.6 Å². The van der Waals surface area contributed by atoms with Crippen molar-refractivity contribution in [1.29, 1.82) is 5.26 Å². The largest absolute Gasteiger partial charge is 0.431 e. The fraction of sp³-hybridized carbons (Fsp3) is 0.357. The van der Waals surface area contributed by atoms with E-state index in [2.05, 4.69) is 10.4 Å². The van der Waals surface area contributed by atoms with Gasteiger partial charge in [0.2, 0.25) is 0 Å². The Labute approximate surface area is 143 Å². The van der Waals surface area contributed by atoms with E-state index in [-0.39, 0.29) is 10.7 Å². The first-order valence-corrected chi connectivity index (χ1v) is 7.14. The number of hydrogen-bond acceptors (Lipinski definition) is 4. The first-order chi connectivity index (χ1) is 11.4. The molecule has 1 atom stereocenters. The summed E-state index contributed by atoms with van der Waals surface area (Å²) in [7, 11) is 1.29. The lowest BCUT2D eigenvalue weighted by Gasteiger charge is -2.21. The van der Waals surface area contributed by atoms with Gasteiger partial charge in [0.15, 0.2) is 0 Å². The van der Waals surface area contributed by atoms with Crippen LogP contribution in [0.4, 0.5) is 32.0 Å². The molecule has 1 aromatic carbocycles. The normalized spacial score (nSPS) is 17.9. The fourth-order valence-electron chi connectivity index (χ4n) is 2.23. The zero-order chi connectivity index (χ0) is 19.0. The number of thiocarbonyl (C=S) groups is 1. The van der Waals surface area contributed by atoms with E-state index in [0.717, 1.165) is 11.1 Å². The maximum atomic E-state index is 12.9. The van der Waals surface area contributed by atoms with Crippen LogP contribution in [0.1, 0.15) is 17.5 Å². The van der Waals surface area contributed by atoms with Crippen LogP contribution in [0.25, 0.3) is 0 Å². The number of anilines is 1. The van der Waals surface area contributed by atoms with Crippen LogP contribution in [0.15, 0.2) is 23.3 Å². The van der Waals surface area contributed by atoms with Crippen LogP contribution in [-0.2, 0) is 6.18 Å². The number of rotatable bonds is 2. The Morgan fingerprint density at radius 2 is 1.92 bits per heavy atom. The molecule has 134 valence electrons. The van der Waals surface area contributed by atoms with Gasteiger partial charge in [0.25, 0.3) is 0 Å². The van der Waals surface area contributed by atoms with Crippen molar-refractivity contribution in [2.45, 2.75) is 24.8 Å². The number of hydrogen-bond donors (Lipinski definition) is 1. The van der Waals surface area contributed by atoms with Crippen LogP contribution in [0.3, 0.4) is 0 Å². The number of hydrazone groups is 1. The molecule has 0 aliphatic carbocycles. The van der Waals surface area contributed by atoms with E-state index in [0.29, 0.717) is 6.07 Å². The summed E-state index contributed by atoms with van der Waals surface area (Å²) in [5.74, 6) is 0. The molecule has 1 heterocycles. The molecule has 1 N–H and O–H groups in total. The fourth-order valence-corrected chi connectivity index (χ4v) is 2.58. The first kappa shape index (κ1) is 19.0. The van der Waals surface area contributed by atoms with Crippen molar-refractivity contribution in [3.05, 3.63) is 29.3 Å². The molecule has 0 saturated carbocycles. The van der Waals surface area contributed by atoms with Crippen LogP contribution in [0, 0.1) is 11.3 Å². The molecule has 1 aromatic rings. The Balaban J connectivity index is 2.19. The van der Waals surface area contributed by atoms with E-state index >= 15 is 0 Å². The zero-order valence-electron chi connectivity index (χ0n) is 12.5. The molecule has 0 spiro atoms. The Morgan fingerprint density at radius 1 is 1.28 bits per heavy atom. The van der Waals surface area contributed by atoms with Gasteiger partial charge in [-0.05, 0) is 18.2 Å². The summed E-state index contributed by atoms with van der Waals surface area (Å²) in [5, 5.41) is 15.6. The molecule has 0 saturated heterocycles. The smallest absolute Gasteiger partial charge is 0.348 e. The lowest BCUT2D eigenvalue weighted by molar-refractivity contribution is -0.137.